The summed E-state index contributed by atoms with van der Waals surface area (Å²) in [6.07, 6.45) is -3.20. The molecule has 0 saturated carbocycles. The Morgan fingerprint density at radius 2 is 2.24 bits per heavy atom. The van der Waals surface area contributed by atoms with Gasteiger partial charge in [-0.25, -0.2) is 8.78 Å². The standard InChI is InChI=1S/C10H10ClF2NO3/c1-17-8(16)3-5-2-7(15)14-6(4-11)9(5)10(12)13/h2,10H,3-4H2,1H3,(H,14,15). The molecule has 0 aliphatic heterocycles. The lowest BCUT2D eigenvalue weighted by molar-refractivity contribution is -0.139. The van der Waals surface area contributed by atoms with Gasteiger partial charge >= 0.3 is 5.97 Å². The third-order valence-corrected chi connectivity index (χ3v) is 2.43. The Balaban J connectivity index is 3.30. The number of esters is 1. The molecule has 0 aliphatic carbocycles. The first-order chi connectivity index (χ1) is 7.99. The number of halogens is 3. The van der Waals surface area contributed by atoms with E-state index in [-0.39, 0.29) is 23.6 Å². The van der Waals surface area contributed by atoms with Crippen LogP contribution >= 0.6 is 11.6 Å². The number of carbonyl (C=O) groups excluding carboxylic acids is 1. The number of nitrogens with one attached hydrogen (secondary N) is 1. The Morgan fingerprint density at radius 1 is 1.59 bits per heavy atom. The highest BCUT2D eigenvalue weighted by atomic mass is 35.5. The summed E-state index contributed by atoms with van der Waals surface area (Å²) in [4.78, 5) is 24.5. The fourth-order valence-corrected chi connectivity index (χ4v) is 1.64. The van der Waals surface area contributed by atoms with E-state index in [0.29, 0.717) is 0 Å². The van der Waals surface area contributed by atoms with Crippen molar-refractivity contribution in [3.8, 4) is 0 Å². The van der Waals surface area contributed by atoms with Crippen molar-refractivity contribution in [3.05, 3.63) is 33.2 Å². The number of rotatable bonds is 4. The van der Waals surface area contributed by atoms with E-state index < -0.39 is 23.5 Å². The first-order valence-corrected chi connectivity index (χ1v) is 5.19. The Hall–Kier alpha value is -1.43. The highest BCUT2D eigenvalue weighted by Crippen LogP contribution is 2.26. The number of ether oxygens (including phenoxy) is 1. The minimum Gasteiger partial charge on any atom is -0.469 e. The number of hydrogen-bond donors (Lipinski definition) is 1. The van der Waals surface area contributed by atoms with Gasteiger partial charge in [0.1, 0.15) is 0 Å². The molecule has 1 heterocycles. The van der Waals surface area contributed by atoms with Crippen LogP contribution in [0.4, 0.5) is 8.78 Å². The van der Waals surface area contributed by atoms with Crippen molar-refractivity contribution in [1.82, 2.24) is 4.98 Å². The second kappa shape index (κ2) is 5.77. The molecule has 0 bridgehead atoms. The molecule has 0 aliphatic rings. The zero-order valence-electron chi connectivity index (χ0n) is 8.93. The molecule has 0 fully saturated rings. The summed E-state index contributed by atoms with van der Waals surface area (Å²) in [5.74, 6) is -0.956. The molecular formula is C10H10ClF2NO3. The maximum atomic E-state index is 12.8. The summed E-state index contributed by atoms with van der Waals surface area (Å²) < 4.78 is 30.0. The average Bonchev–Trinajstić information content (AvgIpc) is 2.27. The largest absolute Gasteiger partial charge is 0.469 e. The molecule has 1 aromatic heterocycles. The number of carbonyl (C=O) groups is 1. The van der Waals surface area contributed by atoms with E-state index in [1.807, 2.05) is 0 Å². The van der Waals surface area contributed by atoms with Crippen molar-refractivity contribution in [1.29, 1.82) is 0 Å². The molecule has 1 aromatic rings. The van der Waals surface area contributed by atoms with Crippen LogP contribution in [0.2, 0.25) is 0 Å². The number of methoxy groups -OCH3 is 1. The van der Waals surface area contributed by atoms with Crippen LogP contribution in [0, 0.1) is 0 Å². The first kappa shape index (κ1) is 13.6. The molecular weight excluding hydrogens is 256 g/mol. The van der Waals surface area contributed by atoms with Crippen LogP contribution in [0.25, 0.3) is 0 Å². The summed E-state index contributed by atoms with van der Waals surface area (Å²) in [5.41, 5.74) is -1.13. The number of hydrogen-bond acceptors (Lipinski definition) is 3. The number of H-pyrrole nitrogens is 1. The van der Waals surface area contributed by atoms with Gasteiger partial charge in [0.25, 0.3) is 6.43 Å². The van der Waals surface area contributed by atoms with E-state index >= 15 is 0 Å². The van der Waals surface area contributed by atoms with Gasteiger partial charge in [-0.1, -0.05) is 0 Å². The fourth-order valence-electron chi connectivity index (χ4n) is 1.43. The van der Waals surface area contributed by atoms with E-state index in [2.05, 4.69) is 9.72 Å². The molecule has 0 aromatic carbocycles. The molecule has 94 valence electrons. The van der Waals surface area contributed by atoms with Crippen LogP contribution in [-0.4, -0.2) is 18.1 Å². The predicted molar refractivity (Wildman–Crippen MR) is 57.3 cm³/mol. The monoisotopic (exact) mass is 265 g/mol. The van der Waals surface area contributed by atoms with Crippen molar-refractivity contribution in [2.45, 2.75) is 18.7 Å². The highest BCUT2D eigenvalue weighted by molar-refractivity contribution is 6.17. The Morgan fingerprint density at radius 3 is 2.71 bits per heavy atom. The normalized spacial score (nSPS) is 10.6. The molecule has 1 rings (SSSR count). The van der Waals surface area contributed by atoms with E-state index in [9.17, 15) is 18.4 Å². The summed E-state index contributed by atoms with van der Waals surface area (Å²) >= 11 is 5.47. The smallest absolute Gasteiger partial charge is 0.309 e. The summed E-state index contributed by atoms with van der Waals surface area (Å²) in [6, 6.07) is 0.953. The molecule has 0 unspecified atom stereocenters. The number of alkyl halides is 3. The molecule has 7 heteroatoms. The van der Waals surface area contributed by atoms with Gasteiger partial charge in [-0.15, -0.1) is 11.6 Å². The van der Waals surface area contributed by atoms with Gasteiger partial charge in [0.2, 0.25) is 5.56 Å². The van der Waals surface area contributed by atoms with Gasteiger partial charge in [0.05, 0.1) is 19.4 Å². The molecule has 0 radical (unpaired) electrons. The fraction of sp³-hybridized carbons (Fsp3) is 0.400. The van der Waals surface area contributed by atoms with Crippen molar-refractivity contribution in [3.63, 3.8) is 0 Å². The number of aromatic nitrogens is 1. The lowest BCUT2D eigenvalue weighted by atomic mass is 10.0. The highest BCUT2D eigenvalue weighted by Gasteiger charge is 2.20. The van der Waals surface area contributed by atoms with Crippen LogP contribution in [0.3, 0.4) is 0 Å². The molecule has 0 atom stereocenters. The molecule has 0 saturated heterocycles. The summed E-state index contributed by atoms with van der Waals surface area (Å²) in [7, 11) is 1.14. The van der Waals surface area contributed by atoms with Crippen LogP contribution < -0.4 is 5.56 Å². The Labute approximate surface area is 101 Å². The number of pyridine rings is 1. The summed E-state index contributed by atoms with van der Waals surface area (Å²) in [5, 5.41) is 0. The molecule has 17 heavy (non-hydrogen) atoms. The van der Waals surface area contributed by atoms with Gasteiger partial charge in [-0.2, -0.15) is 0 Å². The molecule has 0 spiro atoms. The lowest BCUT2D eigenvalue weighted by Crippen LogP contribution is -2.16. The minimum atomic E-state index is -2.82. The van der Waals surface area contributed by atoms with Crippen LogP contribution in [0.15, 0.2) is 10.9 Å². The lowest BCUT2D eigenvalue weighted by Gasteiger charge is -2.11. The van der Waals surface area contributed by atoms with Crippen LogP contribution in [0.5, 0.6) is 0 Å². The Bertz CT molecular complexity index is 473. The SMILES string of the molecule is COC(=O)Cc1cc(=O)[nH]c(CCl)c1C(F)F. The zero-order valence-corrected chi connectivity index (χ0v) is 9.68. The average molecular weight is 266 g/mol. The molecule has 1 N–H and O–H groups in total. The first-order valence-electron chi connectivity index (χ1n) is 4.65. The van der Waals surface area contributed by atoms with Crippen molar-refractivity contribution >= 4 is 17.6 Å². The van der Waals surface area contributed by atoms with E-state index in [4.69, 9.17) is 11.6 Å². The zero-order chi connectivity index (χ0) is 13.0. The second-order valence-electron chi connectivity index (χ2n) is 3.24. The Kier molecular flexibility index (Phi) is 4.62. The summed E-state index contributed by atoms with van der Waals surface area (Å²) in [6.45, 7) is 0. The van der Waals surface area contributed by atoms with Crippen molar-refractivity contribution in [2.24, 2.45) is 0 Å². The van der Waals surface area contributed by atoms with Crippen LogP contribution in [-0.2, 0) is 21.8 Å². The van der Waals surface area contributed by atoms with Crippen molar-refractivity contribution < 1.29 is 18.3 Å². The van der Waals surface area contributed by atoms with Gasteiger partial charge in [0.15, 0.2) is 0 Å². The molecule has 4 nitrogen and oxygen atoms in total. The number of aromatic amines is 1. The minimum absolute atomic E-state index is 0.0637. The van der Waals surface area contributed by atoms with E-state index in [0.717, 1.165) is 13.2 Å². The second-order valence-corrected chi connectivity index (χ2v) is 3.51. The van der Waals surface area contributed by atoms with Gasteiger partial charge < -0.3 is 9.72 Å². The third-order valence-electron chi connectivity index (χ3n) is 2.16. The van der Waals surface area contributed by atoms with E-state index in [1.165, 1.54) is 0 Å². The van der Waals surface area contributed by atoms with Crippen LogP contribution in [0.1, 0.15) is 23.2 Å². The van der Waals surface area contributed by atoms with Gasteiger partial charge in [-0.05, 0) is 5.56 Å². The van der Waals surface area contributed by atoms with Gasteiger partial charge in [-0.3, -0.25) is 9.59 Å². The van der Waals surface area contributed by atoms with Gasteiger partial charge in [0, 0.05) is 17.3 Å². The topological polar surface area (TPSA) is 59.2 Å². The predicted octanol–water partition coefficient (Wildman–Crippen LogP) is 1.77. The van der Waals surface area contributed by atoms with E-state index in [1.54, 1.807) is 0 Å². The maximum absolute atomic E-state index is 12.8. The molecule has 0 amide bonds. The van der Waals surface area contributed by atoms with Crippen molar-refractivity contribution in [2.75, 3.05) is 7.11 Å². The quantitative estimate of drug-likeness (QED) is 0.667. The maximum Gasteiger partial charge on any atom is 0.309 e. The third kappa shape index (κ3) is 3.26.